The van der Waals surface area contributed by atoms with Crippen molar-refractivity contribution in [1.82, 2.24) is 5.32 Å². The number of hydrogen-bond acceptors (Lipinski definition) is 7. The first-order valence-corrected chi connectivity index (χ1v) is 12.9. The molecule has 0 bridgehead atoms. The molecule has 1 saturated heterocycles. The Balaban J connectivity index is 1.92. The van der Waals surface area contributed by atoms with Crippen LogP contribution in [0.4, 0.5) is 18.9 Å². The van der Waals surface area contributed by atoms with Crippen molar-refractivity contribution in [2.75, 3.05) is 31.1 Å². The summed E-state index contributed by atoms with van der Waals surface area (Å²) in [5, 5.41) is 20.9. The SMILES string of the molecule is CCOC(=O)CCC(=O)N(CC=Cc1cc(C(=N)N)ccc1O)c1ccc(OC2CCNCC2)c(C(F)(F)F)c1. The number of alkyl halides is 3. The average Bonchev–Trinajstić information content (AvgIpc) is 2.91. The lowest BCUT2D eigenvalue weighted by atomic mass is 10.1. The number of phenolic OH excluding ortho intramolecular Hbond substituents is 1. The summed E-state index contributed by atoms with van der Waals surface area (Å²) >= 11 is 0. The number of piperidine rings is 1. The second kappa shape index (κ2) is 13.8. The number of carbonyl (C=O) groups is 2. The molecular formula is C28H33F3N4O5. The molecule has 1 amide bonds. The first-order chi connectivity index (χ1) is 19.0. The van der Waals surface area contributed by atoms with E-state index in [2.05, 4.69) is 5.32 Å². The molecule has 1 aliphatic rings. The molecule has 9 nitrogen and oxygen atoms in total. The van der Waals surface area contributed by atoms with Crippen LogP contribution in [0, 0.1) is 5.41 Å². The highest BCUT2D eigenvalue weighted by atomic mass is 19.4. The normalized spacial score (nSPS) is 14.2. The third-order valence-corrected chi connectivity index (χ3v) is 6.23. The molecule has 3 rings (SSSR count). The highest BCUT2D eigenvalue weighted by Gasteiger charge is 2.36. The molecule has 0 aliphatic carbocycles. The van der Waals surface area contributed by atoms with Crippen molar-refractivity contribution in [3.05, 3.63) is 59.2 Å². The number of amidine groups is 1. The van der Waals surface area contributed by atoms with Crippen LogP contribution in [0.25, 0.3) is 6.08 Å². The van der Waals surface area contributed by atoms with Crippen molar-refractivity contribution < 1.29 is 37.3 Å². The number of benzene rings is 2. The Hall–Kier alpha value is -4.06. The van der Waals surface area contributed by atoms with Gasteiger partial charge in [-0.15, -0.1) is 0 Å². The van der Waals surface area contributed by atoms with Crippen LogP contribution in [0.5, 0.6) is 11.5 Å². The molecule has 0 aromatic heterocycles. The van der Waals surface area contributed by atoms with Crippen molar-refractivity contribution in [3.63, 3.8) is 0 Å². The number of amides is 1. The van der Waals surface area contributed by atoms with Gasteiger partial charge in [-0.3, -0.25) is 15.0 Å². The van der Waals surface area contributed by atoms with Gasteiger partial charge in [0.1, 0.15) is 23.4 Å². The molecule has 1 heterocycles. The van der Waals surface area contributed by atoms with E-state index >= 15 is 0 Å². The number of nitrogens with two attached hydrogens (primary N) is 1. The molecule has 12 heteroatoms. The molecule has 0 atom stereocenters. The number of aromatic hydroxyl groups is 1. The third kappa shape index (κ3) is 8.47. The molecule has 0 unspecified atom stereocenters. The fraction of sp³-hybridized carbons (Fsp3) is 0.393. The van der Waals surface area contributed by atoms with Gasteiger partial charge in [-0.25, -0.2) is 0 Å². The quantitative estimate of drug-likeness (QED) is 0.183. The Kier molecular flexibility index (Phi) is 10.5. The van der Waals surface area contributed by atoms with Crippen LogP contribution in [-0.2, 0) is 20.5 Å². The number of ether oxygens (including phenoxy) is 2. The minimum atomic E-state index is -4.74. The van der Waals surface area contributed by atoms with Crippen molar-refractivity contribution in [1.29, 1.82) is 5.41 Å². The molecule has 2 aromatic carbocycles. The van der Waals surface area contributed by atoms with Gasteiger partial charge in [0.2, 0.25) is 5.91 Å². The Morgan fingerprint density at radius 3 is 2.55 bits per heavy atom. The van der Waals surface area contributed by atoms with Gasteiger partial charge < -0.3 is 30.5 Å². The van der Waals surface area contributed by atoms with Gasteiger partial charge in [-0.05, 0) is 69.3 Å². The molecule has 1 fully saturated rings. The molecule has 5 N–H and O–H groups in total. The van der Waals surface area contributed by atoms with E-state index in [-0.39, 0.29) is 55.1 Å². The van der Waals surface area contributed by atoms with Gasteiger partial charge in [0.25, 0.3) is 0 Å². The molecule has 0 radical (unpaired) electrons. The van der Waals surface area contributed by atoms with Gasteiger partial charge in [-0.1, -0.05) is 12.2 Å². The highest BCUT2D eigenvalue weighted by Crippen LogP contribution is 2.39. The van der Waals surface area contributed by atoms with Crippen molar-refractivity contribution >= 4 is 29.5 Å². The Labute approximate surface area is 230 Å². The number of halogens is 3. The van der Waals surface area contributed by atoms with Crippen LogP contribution in [0.3, 0.4) is 0 Å². The number of carbonyl (C=O) groups excluding carboxylic acids is 2. The van der Waals surface area contributed by atoms with Gasteiger partial charge >= 0.3 is 12.1 Å². The predicted octanol–water partition coefficient (Wildman–Crippen LogP) is 4.22. The summed E-state index contributed by atoms with van der Waals surface area (Å²) in [6.07, 6.45) is -1.55. The van der Waals surface area contributed by atoms with Crippen LogP contribution in [0.1, 0.15) is 49.3 Å². The number of nitrogen functional groups attached to an aromatic ring is 1. The van der Waals surface area contributed by atoms with Crippen molar-refractivity contribution in [3.8, 4) is 11.5 Å². The Morgan fingerprint density at radius 2 is 1.90 bits per heavy atom. The Bertz CT molecular complexity index is 1240. The van der Waals surface area contributed by atoms with Gasteiger partial charge in [-0.2, -0.15) is 13.2 Å². The number of anilines is 1. The second-order valence-electron chi connectivity index (χ2n) is 9.14. The number of phenols is 1. The molecular weight excluding hydrogens is 529 g/mol. The van der Waals surface area contributed by atoms with E-state index < -0.39 is 23.6 Å². The first kappa shape index (κ1) is 30.5. The molecule has 216 valence electrons. The molecule has 1 aliphatic heterocycles. The number of hydrogen-bond donors (Lipinski definition) is 4. The first-order valence-electron chi connectivity index (χ1n) is 12.9. The second-order valence-corrected chi connectivity index (χ2v) is 9.14. The van der Waals surface area contributed by atoms with E-state index in [1.165, 1.54) is 42.5 Å². The molecule has 40 heavy (non-hydrogen) atoms. The van der Waals surface area contributed by atoms with Crippen molar-refractivity contribution in [2.24, 2.45) is 5.73 Å². The van der Waals surface area contributed by atoms with E-state index in [4.69, 9.17) is 20.6 Å². The smallest absolute Gasteiger partial charge is 0.420 e. The van der Waals surface area contributed by atoms with Crippen LogP contribution in [0.15, 0.2) is 42.5 Å². The molecule has 0 spiro atoms. The van der Waals surface area contributed by atoms with Gasteiger partial charge in [0, 0.05) is 29.8 Å². The number of nitrogens with zero attached hydrogens (tertiary/aromatic N) is 1. The fourth-order valence-corrected chi connectivity index (χ4v) is 4.17. The number of rotatable bonds is 11. The summed E-state index contributed by atoms with van der Waals surface area (Å²) in [4.78, 5) is 26.1. The minimum absolute atomic E-state index is 0.0368. The lowest BCUT2D eigenvalue weighted by Gasteiger charge is -2.27. The summed E-state index contributed by atoms with van der Waals surface area (Å²) < 4.78 is 52.8. The summed E-state index contributed by atoms with van der Waals surface area (Å²) in [5.41, 5.74) is 5.12. The van der Waals surface area contributed by atoms with E-state index in [1.54, 1.807) is 6.92 Å². The maximum atomic E-state index is 14.1. The monoisotopic (exact) mass is 562 g/mol. The van der Waals surface area contributed by atoms with E-state index in [1.807, 2.05) is 0 Å². The van der Waals surface area contributed by atoms with E-state index in [9.17, 15) is 27.9 Å². The highest BCUT2D eigenvalue weighted by molar-refractivity contribution is 5.96. The topological polar surface area (TPSA) is 138 Å². The van der Waals surface area contributed by atoms with Crippen LogP contribution in [-0.4, -0.2) is 55.2 Å². The maximum Gasteiger partial charge on any atom is 0.420 e. The molecule has 0 saturated carbocycles. The summed E-state index contributed by atoms with van der Waals surface area (Å²) in [5.74, 6) is -1.83. The zero-order chi connectivity index (χ0) is 29.3. The number of esters is 1. The zero-order valence-corrected chi connectivity index (χ0v) is 22.1. The van der Waals surface area contributed by atoms with Crippen LogP contribution >= 0.6 is 0 Å². The summed E-state index contributed by atoms with van der Waals surface area (Å²) in [6, 6.07) is 7.73. The fourth-order valence-electron chi connectivity index (χ4n) is 4.17. The number of nitrogens with one attached hydrogen (secondary N) is 2. The summed E-state index contributed by atoms with van der Waals surface area (Å²) in [6.45, 7) is 2.88. The lowest BCUT2D eigenvalue weighted by Crippen LogP contribution is -2.34. The standard InChI is InChI=1S/C28H33F3N4O5/c1-2-39-26(38)10-9-25(37)35(15-3-4-18-16-19(27(32)33)5-7-23(18)36)20-6-8-24(22(17-20)28(29,30)31)40-21-11-13-34-14-12-21/h3-8,16-17,21,34,36H,2,9-15H2,1H3,(H3,32,33). The van der Waals surface area contributed by atoms with E-state index in [0.29, 0.717) is 37.1 Å². The van der Waals surface area contributed by atoms with E-state index in [0.717, 1.165) is 11.0 Å². The zero-order valence-electron chi connectivity index (χ0n) is 22.1. The lowest BCUT2D eigenvalue weighted by molar-refractivity contribution is -0.144. The Morgan fingerprint density at radius 1 is 1.18 bits per heavy atom. The summed E-state index contributed by atoms with van der Waals surface area (Å²) in [7, 11) is 0. The predicted molar refractivity (Wildman–Crippen MR) is 144 cm³/mol. The maximum absolute atomic E-state index is 14.1. The largest absolute Gasteiger partial charge is 0.507 e. The van der Waals surface area contributed by atoms with Gasteiger partial charge in [0.05, 0.1) is 18.6 Å². The molecule has 2 aromatic rings. The van der Waals surface area contributed by atoms with Crippen LogP contribution in [0.2, 0.25) is 0 Å². The van der Waals surface area contributed by atoms with Crippen molar-refractivity contribution in [2.45, 2.75) is 44.9 Å². The van der Waals surface area contributed by atoms with Gasteiger partial charge in [0.15, 0.2) is 0 Å². The third-order valence-electron chi connectivity index (χ3n) is 6.23. The van der Waals surface area contributed by atoms with Crippen LogP contribution < -0.4 is 20.7 Å². The average molecular weight is 563 g/mol. The minimum Gasteiger partial charge on any atom is -0.507 e.